The fourth-order valence-corrected chi connectivity index (χ4v) is 2.28. The molecule has 0 fully saturated rings. The predicted octanol–water partition coefficient (Wildman–Crippen LogP) is 4.50. The third-order valence-electron chi connectivity index (χ3n) is 2.79. The molecular weight excluding hydrogens is 314 g/mol. The topological polar surface area (TPSA) is 41.1 Å². The first-order chi connectivity index (χ1) is 10.1. The van der Waals surface area contributed by atoms with Gasteiger partial charge in [-0.2, -0.15) is 0 Å². The Labute approximate surface area is 132 Å². The first-order valence-corrected chi connectivity index (χ1v) is 7.05. The lowest BCUT2D eigenvalue weighted by Gasteiger charge is -2.10. The standard InChI is InChI=1S/C15H13Cl2FN2O/c16-12-5-2-6-13(17)14(12)20-15(21)19-8-7-10-3-1-4-11(18)9-10/h1-6,9H,7-8H2,(H2,19,20,21). The number of carbonyl (C=O) groups excluding carboxylic acids is 1. The van der Waals surface area contributed by atoms with Gasteiger partial charge < -0.3 is 10.6 Å². The third-order valence-corrected chi connectivity index (χ3v) is 3.42. The molecule has 0 aliphatic carbocycles. The molecule has 0 aromatic heterocycles. The average molecular weight is 327 g/mol. The number of rotatable bonds is 4. The highest BCUT2D eigenvalue weighted by molar-refractivity contribution is 6.39. The second-order valence-corrected chi connectivity index (χ2v) is 5.17. The highest BCUT2D eigenvalue weighted by atomic mass is 35.5. The van der Waals surface area contributed by atoms with E-state index in [-0.39, 0.29) is 5.82 Å². The van der Waals surface area contributed by atoms with E-state index in [4.69, 9.17) is 23.2 Å². The molecule has 3 nitrogen and oxygen atoms in total. The number of amides is 2. The van der Waals surface area contributed by atoms with Gasteiger partial charge >= 0.3 is 6.03 Å². The van der Waals surface area contributed by atoms with Crippen molar-refractivity contribution < 1.29 is 9.18 Å². The predicted molar refractivity (Wildman–Crippen MR) is 83.6 cm³/mol. The molecule has 0 aliphatic heterocycles. The van der Waals surface area contributed by atoms with Gasteiger partial charge in [0.15, 0.2) is 0 Å². The normalized spacial score (nSPS) is 10.2. The first-order valence-electron chi connectivity index (χ1n) is 6.29. The van der Waals surface area contributed by atoms with Crippen LogP contribution in [0.2, 0.25) is 10.0 Å². The van der Waals surface area contributed by atoms with Crippen LogP contribution in [0, 0.1) is 5.82 Å². The fourth-order valence-electron chi connectivity index (χ4n) is 1.79. The summed E-state index contributed by atoms with van der Waals surface area (Å²) in [7, 11) is 0. The van der Waals surface area contributed by atoms with Crippen molar-refractivity contribution in [1.29, 1.82) is 0 Å². The Hall–Kier alpha value is -1.78. The number of nitrogens with one attached hydrogen (secondary N) is 2. The summed E-state index contributed by atoms with van der Waals surface area (Å²) in [4.78, 5) is 11.8. The minimum atomic E-state index is -0.415. The Morgan fingerprint density at radius 3 is 2.43 bits per heavy atom. The zero-order valence-corrected chi connectivity index (χ0v) is 12.5. The van der Waals surface area contributed by atoms with E-state index in [1.165, 1.54) is 12.1 Å². The van der Waals surface area contributed by atoms with Crippen molar-refractivity contribution in [2.24, 2.45) is 0 Å². The number of hydrogen-bond donors (Lipinski definition) is 2. The maximum Gasteiger partial charge on any atom is 0.319 e. The second-order valence-electron chi connectivity index (χ2n) is 4.36. The molecule has 6 heteroatoms. The van der Waals surface area contributed by atoms with E-state index < -0.39 is 6.03 Å². The van der Waals surface area contributed by atoms with Crippen molar-refractivity contribution in [2.45, 2.75) is 6.42 Å². The molecule has 0 unspecified atom stereocenters. The monoisotopic (exact) mass is 326 g/mol. The smallest absolute Gasteiger partial charge is 0.319 e. The van der Waals surface area contributed by atoms with Gasteiger partial charge in [-0.05, 0) is 36.2 Å². The summed E-state index contributed by atoms with van der Waals surface area (Å²) in [6, 6.07) is 10.8. The van der Waals surface area contributed by atoms with Crippen LogP contribution in [0.15, 0.2) is 42.5 Å². The lowest BCUT2D eigenvalue weighted by atomic mass is 10.1. The van der Waals surface area contributed by atoms with Gasteiger partial charge in [0.25, 0.3) is 0 Å². The van der Waals surface area contributed by atoms with Crippen LogP contribution in [0.4, 0.5) is 14.9 Å². The molecule has 0 saturated heterocycles. The van der Waals surface area contributed by atoms with E-state index in [1.807, 2.05) is 0 Å². The summed E-state index contributed by atoms with van der Waals surface area (Å²) in [6.07, 6.45) is 0.529. The zero-order valence-electron chi connectivity index (χ0n) is 11.0. The maximum atomic E-state index is 13.0. The van der Waals surface area contributed by atoms with E-state index >= 15 is 0 Å². The number of para-hydroxylation sites is 1. The molecule has 0 spiro atoms. The van der Waals surface area contributed by atoms with Gasteiger partial charge in [0.05, 0.1) is 15.7 Å². The van der Waals surface area contributed by atoms with E-state index in [0.29, 0.717) is 28.7 Å². The number of benzene rings is 2. The molecule has 21 heavy (non-hydrogen) atoms. The number of hydrogen-bond acceptors (Lipinski definition) is 1. The Morgan fingerprint density at radius 2 is 1.76 bits per heavy atom. The minimum absolute atomic E-state index is 0.292. The Morgan fingerprint density at radius 1 is 1.10 bits per heavy atom. The van der Waals surface area contributed by atoms with Crippen molar-refractivity contribution in [3.8, 4) is 0 Å². The van der Waals surface area contributed by atoms with E-state index in [2.05, 4.69) is 10.6 Å². The molecule has 0 saturated carbocycles. The van der Waals surface area contributed by atoms with Crippen LogP contribution in [-0.2, 0) is 6.42 Å². The zero-order chi connectivity index (χ0) is 15.2. The Kier molecular flexibility index (Phi) is 5.42. The molecule has 2 rings (SSSR count). The van der Waals surface area contributed by atoms with Crippen molar-refractivity contribution in [1.82, 2.24) is 5.32 Å². The second kappa shape index (κ2) is 7.29. The quantitative estimate of drug-likeness (QED) is 0.853. The lowest BCUT2D eigenvalue weighted by Crippen LogP contribution is -2.30. The molecule has 0 atom stereocenters. The van der Waals surface area contributed by atoms with Gasteiger partial charge in [-0.1, -0.05) is 41.4 Å². The van der Waals surface area contributed by atoms with Gasteiger partial charge in [-0.25, -0.2) is 9.18 Å². The molecular formula is C15H13Cl2FN2O. The van der Waals surface area contributed by atoms with Crippen LogP contribution < -0.4 is 10.6 Å². The van der Waals surface area contributed by atoms with Crippen molar-refractivity contribution in [3.63, 3.8) is 0 Å². The van der Waals surface area contributed by atoms with Crippen LogP contribution in [0.5, 0.6) is 0 Å². The first kappa shape index (κ1) is 15.6. The average Bonchev–Trinajstić information content (AvgIpc) is 2.43. The van der Waals surface area contributed by atoms with Gasteiger partial charge in [0, 0.05) is 6.54 Å². The highest BCUT2D eigenvalue weighted by Gasteiger charge is 2.08. The molecule has 2 aromatic rings. The molecule has 0 radical (unpaired) electrons. The van der Waals surface area contributed by atoms with Crippen molar-refractivity contribution in [2.75, 3.05) is 11.9 Å². The van der Waals surface area contributed by atoms with Crippen LogP contribution >= 0.6 is 23.2 Å². The SMILES string of the molecule is O=C(NCCc1cccc(F)c1)Nc1c(Cl)cccc1Cl. The minimum Gasteiger partial charge on any atom is -0.338 e. The summed E-state index contributed by atoms with van der Waals surface area (Å²) in [6.45, 7) is 0.372. The van der Waals surface area contributed by atoms with E-state index in [1.54, 1.807) is 30.3 Å². The summed E-state index contributed by atoms with van der Waals surface area (Å²) < 4.78 is 13.0. The van der Waals surface area contributed by atoms with Gasteiger partial charge in [0.1, 0.15) is 5.82 Å². The Balaban J connectivity index is 1.85. The summed E-state index contributed by atoms with van der Waals surface area (Å²) >= 11 is 11.9. The van der Waals surface area contributed by atoms with Crippen LogP contribution in [-0.4, -0.2) is 12.6 Å². The molecule has 110 valence electrons. The van der Waals surface area contributed by atoms with Crippen molar-refractivity contribution in [3.05, 3.63) is 63.9 Å². The van der Waals surface area contributed by atoms with Gasteiger partial charge in [-0.3, -0.25) is 0 Å². The fraction of sp³-hybridized carbons (Fsp3) is 0.133. The molecule has 2 aromatic carbocycles. The number of halogens is 3. The Bertz CT molecular complexity index is 629. The van der Waals surface area contributed by atoms with E-state index in [0.717, 1.165) is 5.56 Å². The summed E-state index contributed by atoms with van der Waals surface area (Å²) in [5.74, 6) is -0.292. The lowest BCUT2D eigenvalue weighted by molar-refractivity contribution is 0.252. The van der Waals surface area contributed by atoms with Crippen molar-refractivity contribution >= 4 is 34.9 Å². The third kappa shape index (κ3) is 4.62. The summed E-state index contributed by atoms with van der Waals surface area (Å²) in [5.41, 5.74) is 1.18. The number of urea groups is 1. The highest BCUT2D eigenvalue weighted by Crippen LogP contribution is 2.29. The van der Waals surface area contributed by atoms with Gasteiger partial charge in [-0.15, -0.1) is 0 Å². The summed E-state index contributed by atoms with van der Waals surface area (Å²) in [5, 5.41) is 5.98. The molecule has 0 bridgehead atoms. The number of anilines is 1. The van der Waals surface area contributed by atoms with Gasteiger partial charge in [0.2, 0.25) is 0 Å². The molecule has 2 N–H and O–H groups in total. The largest absolute Gasteiger partial charge is 0.338 e. The molecule has 2 amide bonds. The number of carbonyl (C=O) groups is 1. The van der Waals surface area contributed by atoms with Crippen LogP contribution in [0.3, 0.4) is 0 Å². The molecule has 0 aliphatic rings. The van der Waals surface area contributed by atoms with Crippen LogP contribution in [0.1, 0.15) is 5.56 Å². The molecule has 0 heterocycles. The van der Waals surface area contributed by atoms with Crippen LogP contribution in [0.25, 0.3) is 0 Å². The maximum absolute atomic E-state index is 13.0. The van der Waals surface area contributed by atoms with E-state index in [9.17, 15) is 9.18 Å².